The third-order valence-electron chi connectivity index (χ3n) is 3.90. The van der Waals surface area contributed by atoms with Crippen molar-refractivity contribution in [3.8, 4) is 0 Å². The third-order valence-corrected chi connectivity index (χ3v) is 3.90. The Kier molecular flexibility index (Phi) is 4.94. The van der Waals surface area contributed by atoms with E-state index in [0.717, 1.165) is 12.8 Å². The molecule has 0 aromatic heterocycles. The van der Waals surface area contributed by atoms with Crippen LogP contribution >= 0.6 is 0 Å². The van der Waals surface area contributed by atoms with E-state index in [0.29, 0.717) is 0 Å². The first-order valence-corrected chi connectivity index (χ1v) is 7.17. The Morgan fingerprint density at radius 2 is 1.60 bits per heavy atom. The van der Waals surface area contributed by atoms with Crippen molar-refractivity contribution in [2.45, 2.75) is 39.7 Å². The lowest BCUT2D eigenvalue weighted by Crippen LogP contribution is -2.38. The van der Waals surface area contributed by atoms with Crippen LogP contribution in [-0.2, 0) is 12.8 Å². The van der Waals surface area contributed by atoms with Crippen LogP contribution in [0.25, 0.3) is 0 Å². The Labute approximate surface area is 122 Å². The van der Waals surface area contributed by atoms with Crippen molar-refractivity contribution in [2.75, 3.05) is 0 Å². The van der Waals surface area contributed by atoms with Crippen molar-refractivity contribution in [1.29, 1.82) is 0 Å². The molecule has 0 bridgehead atoms. The van der Waals surface area contributed by atoms with E-state index >= 15 is 0 Å². The fourth-order valence-electron chi connectivity index (χ4n) is 2.73. The van der Waals surface area contributed by atoms with Crippen LogP contribution in [0.3, 0.4) is 0 Å². The number of hydrogen-bond acceptors (Lipinski definition) is 2. The van der Waals surface area contributed by atoms with E-state index < -0.39 is 0 Å². The van der Waals surface area contributed by atoms with Crippen LogP contribution in [0, 0.1) is 20.8 Å². The fraction of sp³-hybridized carbons (Fsp3) is 0.333. The van der Waals surface area contributed by atoms with Gasteiger partial charge in [0.1, 0.15) is 0 Å². The van der Waals surface area contributed by atoms with E-state index in [1.165, 1.54) is 27.8 Å². The van der Waals surface area contributed by atoms with Crippen LogP contribution in [0.4, 0.5) is 0 Å². The van der Waals surface area contributed by atoms with Gasteiger partial charge in [-0.25, -0.2) is 0 Å². The van der Waals surface area contributed by atoms with Gasteiger partial charge in [-0.15, -0.1) is 0 Å². The molecule has 0 saturated heterocycles. The molecule has 106 valence electrons. The van der Waals surface area contributed by atoms with Gasteiger partial charge >= 0.3 is 0 Å². The molecule has 0 aliphatic rings. The van der Waals surface area contributed by atoms with Gasteiger partial charge in [0.15, 0.2) is 0 Å². The zero-order valence-electron chi connectivity index (χ0n) is 12.6. The maximum Gasteiger partial charge on any atom is 0.0291 e. The van der Waals surface area contributed by atoms with E-state index in [2.05, 4.69) is 68.7 Å². The summed E-state index contributed by atoms with van der Waals surface area (Å²) in [6.45, 7) is 6.46. The Bertz CT molecular complexity index is 555. The number of nitrogens with one attached hydrogen (secondary N) is 1. The van der Waals surface area contributed by atoms with Crippen molar-refractivity contribution in [1.82, 2.24) is 5.43 Å². The van der Waals surface area contributed by atoms with Crippen molar-refractivity contribution >= 4 is 0 Å². The summed E-state index contributed by atoms with van der Waals surface area (Å²) in [6.07, 6.45) is 1.91. The molecule has 0 radical (unpaired) electrons. The van der Waals surface area contributed by atoms with Crippen LogP contribution in [0.1, 0.15) is 27.8 Å². The second-order valence-corrected chi connectivity index (χ2v) is 5.63. The van der Waals surface area contributed by atoms with Crippen molar-refractivity contribution in [2.24, 2.45) is 5.84 Å². The van der Waals surface area contributed by atoms with Crippen LogP contribution in [-0.4, -0.2) is 6.04 Å². The molecule has 0 aliphatic heterocycles. The zero-order valence-corrected chi connectivity index (χ0v) is 12.6. The highest BCUT2D eigenvalue weighted by Gasteiger charge is 2.12. The van der Waals surface area contributed by atoms with Gasteiger partial charge in [-0.05, 0) is 55.9 Å². The molecule has 20 heavy (non-hydrogen) atoms. The van der Waals surface area contributed by atoms with Gasteiger partial charge < -0.3 is 0 Å². The lowest BCUT2D eigenvalue weighted by molar-refractivity contribution is 0.520. The van der Waals surface area contributed by atoms with E-state index in [-0.39, 0.29) is 6.04 Å². The predicted molar refractivity (Wildman–Crippen MR) is 85.6 cm³/mol. The number of benzene rings is 2. The molecule has 0 aliphatic carbocycles. The molecule has 0 heterocycles. The highest BCUT2D eigenvalue weighted by molar-refractivity contribution is 5.34. The molecule has 2 rings (SSSR count). The first kappa shape index (κ1) is 14.8. The minimum Gasteiger partial charge on any atom is -0.271 e. The lowest BCUT2D eigenvalue weighted by Gasteiger charge is -2.19. The molecule has 0 saturated carbocycles. The van der Waals surface area contributed by atoms with Crippen LogP contribution < -0.4 is 11.3 Å². The minimum absolute atomic E-state index is 0.261. The molecular formula is C18H24N2. The summed E-state index contributed by atoms with van der Waals surface area (Å²) in [7, 11) is 0. The summed E-state index contributed by atoms with van der Waals surface area (Å²) >= 11 is 0. The van der Waals surface area contributed by atoms with E-state index in [1.807, 2.05) is 0 Å². The Morgan fingerprint density at radius 1 is 0.950 bits per heavy atom. The first-order chi connectivity index (χ1) is 9.60. The molecule has 3 N–H and O–H groups in total. The molecule has 0 amide bonds. The normalized spacial score (nSPS) is 12.4. The second-order valence-electron chi connectivity index (χ2n) is 5.63. The van der Waals surface area contributed by atoms with Crippen LogP contribution in [0.5, 0.6) is 0 Å². The number of nitrogens with two attached hydrogens (primary N) is 1. The number of rotatable bonds is 5. The molecule has 0 spiro atoms. The van der Waals surface area contributed by atoms with Gasteiger partial charge in [0.2, 0.25) is 0 Å². The summed E-state index contributed by atoms with van der Waals surface area (Å²) in [6, 6.07) is 15.3. The van der Waals surface area contributed by atoms with Crippen LogP contribution in [0.15, 0.2) is 42.5 Å². The number of hydrogen-bond donors (Lipinski definition) is 2. The number of aryl methyl sites for hydroxylation is 3. The Balaban J connectivity index is 2.13. The van der Waals surface area contributed by atoms with E-state index in [9.17, 15) is 0 Å². The Hall–Kier alpha value is -1.64. The monoisotopic (exact) mass is 268 g/mol. The minimum atomic E-state index is 0.261. The average molecular weight is 268 g/mol. The smallest absolute Gasteiger partial charge is 0.0291 e. The molecular weight excluding hydrogens is 244 g/mol. The van der Waals surface area contributed by atoms with Gasteiger partial charge in [0, 0.05) is 6.04 Å². The zero-order chi connectivity index (χ0) is 14.5. The van der Waals surface area contributed by atoms with Gasteiger partial charge in [-0.3, -0.25) is 11.3 Å². The molecule has 0 fully saturated rings. The lowest BCUT2D eigenvalue weighted by atomic mass is 9.93. The highest BCUT2D eigenvalue weighted by Crippen LogP contribution is 2.17. The fourth-order valence-corrected chi connectivity index (χ4v) is 2.73. The summed E-state index contributed by atoms with van der Waals surface area (Å²) < 4.78 is 0. The van der Waals surface area contributed by atoms with Gasteiger partial charge in [-0.2, -0.15) is 0 Å². The van der Waals surface area contributed by atoms with Gasteiger partial charge in [0.25, 0.3) is 0 Å². The summed E-state index contributed by atoms with van der Waals surface area (Å²) in [5.74, 6) is 5.76. The third kappa shape index (κ3) is 3.69. The standard InChI is InChI=1S/C18H24N2/c1-13-6-4-9-16(10-13)11-17(20-19)12-18-14(2)7-5-8-15(18)3/h4-10,17,20H,11-12,19H2,1-3H3. The van der Waals surface area contributed by atoms with Gasteiger partial charge in [-0.1, -0.05) is 48.0 Å². The predicted octanol–water partition coefficient (Wildman–Crippen LogP) is 3.23. The van der Waals surface area contributed by atoms with Crippen molar-refractivity contribution in [3.63, 3.8) is 0 Å². The summed E-state index contributed by atoms with van der Waals surface area (Å²) in [5, 5.41) is 0. The van der Waals surface area contributed by atoms with Crippen LogP contribution in [0.2, 0.25) is 0 Å². The maximum atomic E-state index is 5.76. The highest BCUT2D eigenvalue weighted by atomic mass is 15.2. The topological polar surface area (TPSA) is 38.0 Å². The largest absolute Gasteiger partial charge is 0.271 e. The SMILES string of the molecule is Cc1cccc(CC(Cc2c(C)cccc2C)NN)c1. The quantitative estimate of drug-likeness (QED) is 0.645. The molecule has 2 nitrogen and oxygen atoms in total. The van der Waals surface area contributed by atoms with E-state index in [4.69, 9.17) is 5.84 Å². The molecule has 1 unspecified atom stereocenters. The average Bonchev–Trinajstić information content (AvgIpc) is 2.42. The van der Waals surface area contributed by atoms with Gasteiger partial charge in [0.05, 0.1) is 0 Å². The van der Waals surface area contributed by atoms with Crippen molar-refractivity contribution < 1.29 is 0 Å². The van der Waals surface area contributed by atoms with Crippen molar-refractivity contribution in [3.05, 3.63) is 70.3 Å². The molecule has 2 heteroatoms. The molecule has 1 atom stereocenters. The second kappa shape index (κ2) is 6.69. The first-order valence-electron chi connectivity index (χ1n) is 7.17. The summed E-state index contributed by atoms with van der Waals surface area (Å²) in [5.41, 5.74) is 9.69. The Morgan fingerprint density at radius 3 is 2.20 bits per heavy atom. The number of hydrazine groups is 1. The molecule has 2 aromatic carbocycles. The van der Waals surface area contributed by atoms with E-state index in [1.54, 1.807) is 0 Å². The maximum absolute atomic E-state index is 5.76. The summed E-state index contributed by atoms with van der Waals surface area (Å²) in [4.78, 5) is 0. The molecule has 2 aromatic rings.